The van der Waals surface area contributed by atoms with Crippen LogP contribution in [-0.4, -0.2) is 41.3 Å². The van der Waals surface area contributed by atoms with Crippen molar-refractivity contribution in [2.24, 2.45) is 0 Å². The summed E-state index contributed by atoms with van der Waals surface area (Å²) in [6, 6.07) is 0. The van der Waals surface area contributed by atoms with Crippen molar-refractivity contribution in [1.82, 2.24) is 9.97 Å². The Labute approximate surface area is 93.7 Å². The molecular formula is C10H15N3O3. The van der Waals surface area contributed by atoms with E-state index >= 15 is 0 Å². The van der Waals surface area contributed by atoms with Crippen LogP contribution in [0, 0.1) is 0 Å². The Balaban J connectivity index is 2.50. The lowest BCUT2D eigenvalue weighted by Gasteiger charge is -2.05. The average molecular weight is 225 g/mol. The van der Waals surface area contributed by atoms with Crippen molar-refractivity contribution in [2.45, 2.75) is 12.8 Å². The van der Waals surface area contributed by atoms with Crippen LogP contribution >= 0.6 is 0 Å². The monoisotopic (exact) mass is 225 g/mol. The minimum Gasteiger partial charge on any atom is -0.464 e. The molecule has 0 amide bonds. The van der Waals surface area contributed by atoms with Crippen LogP contribution in [-0.2, 0) is 4.74 Å². The molecule has 0 unspecified atom stereocenters. The zero-order valence-electron chi connectivity index (χ0n) is 9.14. The molecule has 16 heavy (non-hydrogen) atoms. The van der Waals surface area contributed by atoms with Gasteiger partial charge in [0.2, 0.25) is 0 Å². The Morgan fingerprint density at radius 2 is 2.31 bits per heavy atom. The van der Waals surface area contributed by atoms with E-state index in [4.69, 9.17) is 5.11 Å². The Hall–Kier alpha value is -1.69. The summed E-state index contributed by atoms with van der Waals surface area (Å²) in [5.74, 6) is 0.0207. The van der Waals surface area contributed by atoms with Gasteiger partial charge in [0.25, 0.3) is 0 Å². The van der Waals surface area contributed by atoms with E-state index in [-0.39, 0.29) is 12.3 Å². The third-order valence-electron chi connectivity index (χ3n) is 1.92. The summed E-state index contributed by atoms with van der Waals surface area (Å²) in [7, 11) is 1.30. The molecule has 1 heterocycles. The molecule has 0 bridgehead atoms. The van der Waals surface area contributed by atoms with E-state index < -0.39 is 5.97 Å². The van der Waals surface area contributed by atoms with E-state index in [1.54, 1.807) is 0 Å². The molecule has 6 nitrogen and oxygen atoms in total. The number of nitrogens with one attached hydrogen (secondary N) is 1. The van der Waals surface area contributed by atoms with Gasteiger partial charge in [0.15, 0.2) is 5.69 Å². The fourth-order valence-electron chi connectivity index (χ4n) is 1.11. The van der Waals surface area contributed by atoms with E-state index in [0.717, 1.165) is 12.8 Å². The number of hydrogen-bond donors (Lipinski definition) is 2. The molecule has 1 rings (SSSR count). The number of aliphatic hydroxyl groups excluding tert-OH is 1. The predicted molar refractivity (Wildman–Crippen MR) is 58.2 cm³/mol. The molecule has 0 radical (unpaired) electrons. The molecule has 0 saturated heterocycles. The number of hydrogen-bond acceptors (Lipinski definition) is 6. The number of methoxy groups -OCH3 is 1. The van der Waals surface area contributed by atoms with Gasteiger partial charge in [0.05, 0.1) is 19.5 Å². The third-order valence-corrected chi connectivity index (χ3v) is 1.92. The van der Waals surface area contributed by atoms with Crippen molar-refractivity contribution in [1.29, 1.82) is 0 Å². The SMILES string of the molecule is COC(=O)c1cncc(NCCCCO)n1. The zero-order valence-corrected chi connectivity index (χ0v) is 9.14. The second-order valence-corrected chi connectivity index (χ2v) is 3.14. The quantitative estimate of drug-likeness (QED) is 0.540. The van der Waals surface area contributed by atoms with Gasteiger partial charge in [-0.1, -0.05) is 0 Å². The van der Waals surface area contributed by atoms with Crippen molar-refractivity contribution in [3.63, 3.8) is 0 Å². The standard InChI is InChI=1S/C10H15N3O3/c1-16-10(15)8-6-11-7-9(13-8)12-4-2-3-5-14/h6-7,14H,2-5H2,1H3,(H,12,13). The van der Waals surface area contributed by atoms with Crippen molar-refractivity contribution in [3.8, 4) is 0 Å². The van der Waals surface area contributed by atoms with Crippen molar-refractivity contribution < 1.29 is 14.6 Å². The van der Waals surface area contributed by atoms with E-state index in [0.29, 0.717) is 12.4 Å². The zero-order chi connectivity index (χ0) is 11.8. The molecule has 2 N–H and O–H groups in total. The summed E-state index contributed by atoms with van der Waals surface area (Å²) < 4.78 is 4.53. The van der Waals surface area contributed by atoms with Crippen LogP contribution in [0.4, 0.5) is 5.82 Å². The van der Waals surface area contributed by atoms with Gasteiger partial charge < -0.3 is 15.2 Å². The molecule has 1 aromatic heterocycles. The summed E-state index contributed by atoms with van der Waals surface area (Å²) >= 11 is 0. The van der Waals surface area contributed by atoms with Crippen molar-refractivity contribution in [2.75, 3.05) is 25.6 Å². The highest BCUT2D eigenvalue weighted by atomic mass is 16.5. The van der Waals surface area contributed by atoms with E-state index in [1.165, 1.54) is 19.5 Å². The van der Waals surface area contributed by atoms with Crippen molar-refractivity contribution >= 4 is 11.8 Å². The van der Waals surface area contributed by atoms with E-state index in [9.17, 15) is 4.79 Å². The first-order chi connectivity index (χ1) is 7.77. The molecule has 0 saturated carbocycles. The highest BCUT2D eigenvalue weighted by Crippen LogP contribution is 2.03. The molecule has 0 aliphatic carbocycles. The number of aromatic nitrogens is 2. The number of unbranched alkanes of at least 4 members (excludes halogenated alkanes) is 1. The number of aliphatic hydroxyl groups is 1. The van der Waals surface area contributed by atoms with Gasteiger partial charge in [0.1, 0.15) is 5.82 Å². The highest BCUT2D eigenvalue weighted by Gasteiger charge is 2.07. The lowest BCUT2D eigenvalue weighted by Crippen LogP contribution is -2.09. The second kappa shape index (κ2) is 6.73. The first-order valence-electron chi connectivity index (χ1n) is 5.03. The summed E-state index contributed by atoms with van der Waals surface area (Å²) in [6.45, 7) is 0.857. The number of nitrogens with zero attached hydrogens (tertiary/aromatic N) is 2. The van der Waals surface area contributed by atoms with Crippen LogP contribution in [0.15, 0.2) is 12.4 Å². The van der Waals surface area contributed by atoms with Gasteiger partial charge in [-0.25, -0.2) is 9.78 Å². The number of esters is 1. The van der Waals surface area contributed by atoms with Gasteiger partial charge in [0, 0.05) is 13.2 Å². The number of ether oxygens (including phenoxy) is 1. The molecule has 0 aromatic carbocycles. The van der Waals surface area contributed by atoms with Gasteiger partial charge in [-0.2, -0.15) is 0 Å². The summed E-state index contributed by atoms with van der Waals surface area (Å²) in [4.78, 5) is 19.1. The third kappa shape index (κ3) is 3.82. The lowest BCUT2D eigenvalue weighted by molar-refractivity contribution is 0.0593. The van der Waals surface area contributed by atoms with Crippen LogP contribution in [0.1, 0.15) is 23.3 Å². The molecule has 0 spiro atoms. The Morgan fingerprint density at radius 1 is 1.50 bits per heavy atom. The topological polar surface area (TPSA) is 84.3 Å². The largest absolute Gasteiger partial charge is 0.464 e. The van der Waals surface area contributed by atoms with E-state index in [2.05, 4.69) is 20.0 Å². The van der Waals surface area contributed by atoms with Crippen LogP contribution in [0.5, 0.6) is 0 Å². The molecule has 1 aromatic rings. The van der Waals surface area contributed by atoms with E-state index in [1.807, 2.05) is 0 Å². The summed E-state index contributed by atoms with van der Waals surface area (Å²) in [6.07, 6.45) is 4.45. The maximum atomic E-state index is 11.2. The summed E-state index contributed by atoms with van der Waals surface area (Å²) in [5, 5.41) is 11.6. The maximum absolute atomic E-state index is 11.2. The normalized spacial score (nSPS) is 9.88. The number of carbonyl (C=O) groups excluding carboxylic acids is 1. The highest BCUT2D eigenvalue weighted by molar-refractivity contribution is 5.87. The molecule has 0 aliphatic heterocycles. The van der Waals surface area contributed by atoms with Gasteiger partial charge in [-0.3, -0.25) is 4.98 Å². The number of rotatable bonds is 6. The Bertz CT molecular complexity index is 344. The molecule has 0 atom stereocenters. The lowest BCUT2D eigenvalue weighted by atomic mass is 10.3. The fourth-order valence-corrected chi connectivity index (χ4v) is 1.11. The molecular weight excluding hydrogens is 210 g/mol. The minimum absolute atomic E-state index is 0.176. The van der Waals surface area contributed by atoms with Crippen LogP contribution in [0.25, 0.3) is 0 Å². The molecule has 6 heteroatoms. The first kappa shape index (κ1) is 12.4. The Kier molecular flexibility index (Phi) is 5.21. The maximum Gasteiger partial charge on any atom is 0.358 e. The molecule has 88 valence electrons. The number of carbonyl (C=O) groups is 1. The average Bonchev–Trinajstić information content (AvgIpc) is 2.34. The predicted octanol–water partition coefficient (Wildman–Crippen LogP) is 0.448. The minimum atomic E-state index is -0.508. The molecule has 0 fully saturated rings. The Morgan fingerprint density at radius 3 is 3.00 bits per heavy atom. The summed E-state index contributed by atoms with van der Waals surface area (Å²) in [5.41, 5.74) is 0.176. The molecule has 0 aliphatic rings. The smallest absolute Gasteiger partial charge is 0.358 e. The fraction of sp³-hybridized carbons (Fsp3) is 0.500. The van der Waals surface area contributed by atoms with Crippen molar-refractivity contribution in [3.05, 3.63) is 18.1 Å². The van der Waals surface area contributed by atoms with Gasteiger partial charge >= 0.3 is 5.97 Å². The van der Waals surface area contributed by atoms with Crippen LogP contribution in [0.3, 0.4) is 0 Å². The van der Waals surface area contributed by atoms with Crippen LogP contribution in [0.2, 0.25) is 0 Å². The second-order valence-electron chi connectivity index (χ2n) is 3.14. The van der Waals surface area contributed by atoms with Gasteiger partial charge in [-0.05, 0) is 12.8 Å². The van der Waals surface area contributed by atoms with Crippen LogP contribution < -0.4 is 5.32 Å². The van der Waals surface area contributed by atoms with Gasteiger partial charge in [-0.15, -0.1) is 0 Å². The first-order valence-corrected chi connectivity index (χ1v) is 5.03. The number of anilines is 1.